The van der Waals surface area contributed by atoms with E-state index in [-0.39, 0.29) is 6.61 Å². The largest absolute Gasteiger partial charge is 0.389 e. The second-order valence-electron chi connectivity index (χ2n) is 4.57. The monoisotopic (exact) mass is 317 g/mol. The van der Waals surface area contributed by atoms with Crippen molar-refractivity contribution in [3.05, 3.63) is 34.9 Å². The lowest BCUT2D eigenvalue weighted by molar-refractivity contribution is 0.0269. The molecule has 120 valence electrons. The topological polar surface area (TPSA) is 60.0 Å². The molecule has 1 aromatic carbocycles. The standard InChI is InChI=1S/C15H24ClNO4/c1-19-8-9-20-7-6-17-10-14(18)12-21-11-13-4-2-3-5-15(13)16/h2-5,14,17-18H,6-12H2,1H3. The van der Waals surface area contributed by atoms with Crippen molar-refractivity contribution in [3.8, 4) is 0 Å². The first-order chi connectivity index (χ1) is 10.2. The van der Waals surface area contributed by atoms with Gasteiger partial charge in [0, 0.05) is 25.2 Å². The molecule has 0 bridgehead atoms. The fourth-order valence-electron chi connectivity index (χ4n) is 1.64. The van der Waals surface area contributed by atoms with Gasteiger partial charge in [0.05, 0.1) is 39.1 Å². The van der Waals surface area contributed by atoms with Gasteiger partial charge < -0.3 is 24.6 Å². The Hall–Kier alpha value is -0.690. The summed E-state index contributed by atoms with van der Waals surface area (Å²) in [5.41, 5.74) is 0.922. The Kier molecular flexibility index (Phi) is 10.4. The fraction of sp³-hybridized carbons (Fsp3) is 0.600. The normalized spacial score (nSPS) is 12.5. The first kappa shape index (κ1) is 18.4. The highest BCUT2D eigenvalue weighted by Gasteiger charge is 2.05. The second-order valence-corrected chi connectivity index (χ2v) is 4.98. The van der Waals surface area contributed by atoms with E-state index in [2.05, 4.69) is 5.32 Å². The van der Waals surface area contributed by atoms with Crippen LogP contribution in [0.5, 0.6) is 0 Å². The Bertz CT molecular complexity index is 378. The minimum absolute atomic E-state index is 0.267. The van der Waals surface area contributed by atoms with Crippen LogP contribution in [0.15, 0.2) is 24.3 Å². The van der Waals surface area contributed by atoms with E-state index in [0.717, 1.165) is 5.56 Å². The molecule has 0 aromatic heterocycles. The molecule has 1 rings (SSSR count). The molecule has 0 spiro atoms. The maximum atomic E-state index is 9.76. The van der Waals surface area contributed by atoms with Gasteiger partial charge in [0.1, 0.15) is 0 Å². The summed E-state index contributed by atoms with van der Waals surface area (Å²) in [5.74, 6) is 0. The first-order valence-electron chi connectivity index (χ1n) is 7.00. The molecule has 1 aromatic rings. The lowest BCUT2D eigenvalue weighted by Crippen LogP contribution is -2.32. The van der Waals surface area contributed by atoms with E-state index in [1.165, 1.54) is 0 Å². The van der Waals surface area contributed by atoms with Gasteiger partial charge in [-0.3, -0.25) is 0 Å². The fourth-order valence-corrected chi connectivity index (χ4v) is 1.83. The zero-order chi connectivity index (χ0) is 15.3. The second kappa shape index (κ2) is 11.9. The van der Waals surface area contributed by atoms with Gasteiger partial charge in [-0.15, -0.1) is 0 Å². The van der Waals surface area contributed by atoms with E-state index in [0.29, 0.717) is 44.5 Å². The van der Waals surface area contributed by atoms with E-state index in [1.54, 1.807) is 7.11 Å². The average Bonchev–Trinajstić information content (AvgIpc) is 2.48. The molecule has 1 atom stereocenters. The van der Waals surface area contributed by atoms with E-state index >= 15 is 0 Å². The van der Waals surface area contributed by atoms with Crippen LogP contribution in [-0.2, 0) is 20.8 Å². The molecule has 21 heavy (non-hydrogen) atoms. The minimum atomic E-state index is -0.550. The van der Waals surface area contributed by atoms with Crippen LogP contribution in [0.2, 0.25) is 5.02 Å². The molecule has 1 unspecified atom stereocenters. The molecule has 0 aliphatic carbocycles. The van der Waals surface area contributed by atoms with Crippen molar-refractivity contribution >= 4 is 11.6 Å². The molecule has 0 radical (unpaired) electrons. The molecule has 0 heterocycles. The van der Waals surface area contributed by atoms with Crippen molar-refractivity contribution in [1.29, 1.82) is 0 Å². The summed E-state index contributed by atoms with van der Waals surface area (Å²) in [7, 11) is 1.64. The third-order valence-electron chi connectivity index (χ3n) is 2.76. The van der Waals surface area contributed by atoms with Gasteiger partial charge in [-0.05, 0) is 11.6 Å². The molecule has 5 nitrogen and oxygen atoms in total. The summed E-state index contributed by atoms with van der Waals surface area (Å²) in [6.45, 7) is 3.60. The predicted octanol–water partition coefficient (Wildman–Crippen LogP) is 1.47. The molecule has 0 amide bonds. The van der Waals surface area contributed by atoms with Crippen molar-refractivity contribution in [3.63, 3.8) is 0 Å². The SMILES string of the molecule is COCCOCCNCC(O)COCc1ccccc1Cl. The highest BCUT2D eigenvalue weighted by molar-refractivity contribution is 6.31. The van der Waals surface area contributed by atoms with E-state index in [9.17, 15) is 5.11 Å². The molecule has 0 aliphatic rings. The van der Waals surface area contributed by atoms with Crippen LogP contribution in [0.25, 0.3) is 0 Å². The van der Waals surface area contributed by atoms with Crippen LogP contribution in [0.3, 0.4) is 0 Å². The highest BCUT2D eigenvalue weighted by atomic mass is 35.5. The first-order valence-corrected chi connectivity index (χ1v) is 7.38. The third-order valence-corrected chi connectivity index (χ3v) is 3.13. The Morgan fingerprint density at radius 2 is 2.00 bits per heavy atom. The molecular formula is C15H24ClNO4. The number of aliphatic hydroxyl groups is 1. The maximum absolute atomic E-state index is 9.76. The summed E-state index contributed by atoms with van der Waals surface area (Å²) < 4.78 is 15.6. The van der Waals surface area contributed by atoms with Gasteiger partial charge in [-0.1, -0.05) is 29.8 Å². The van der Waals surface area contributed by atoms with Gasteiger partial charge in [-0.25, -0.2) is 0 Å². The van der Waals surface area contributed by atoms with Crippen molar-refractivity contribution in [2.24, 2.45) is 0 Å². The number of rotatable bonds is 12. The van der Waals surface area contributed by atoms with Crippen molar-refractivity contribution in [2.75, 3.05) is 46.6 Å². The summed E-state index contributed by atoms with van der Waals surface area (Å²) in [4.78, 5) is 0. The number of methoxy groups -OCH3 is 1. The summed E-state index contributed by atoms with van der Waals surface area (Å²) >= 11 is 6.02. The molecule has 0 saturated carbocycles. The van der Waals surface area contributed by atoms with Crippen molar-refractivity contribution in [2.45, 2.75) is 12.7 Å². The summed E-state index contributed by atoms with van der Waals surface area (Å²) in [5, 5.41) is 13.5. The molecule has 0 fully saturated rings. The number of ether oxygens (including phenoxy) is 3. The summed E-state index contributed by atoms with van der Waals surface area (Å²) in [6, 6.07) is 7.51. The van der Waals surface area contributed by atoms with Crippen molar-refractivity contribution in [1.82, 2.24) is 5.32 Å². The average molecular weight is 318 g/mol. The number of halogens is 1. The number of hydrogen-bond acceptors (Lipinski definition) is 5. The van der Waals surface area contributed by atoms with E-state index < -0.39 is 6.10 Å². The van der Waals surface area contributed by atoms with Crippen LogP contribution in [0.4, 0.5) is 0 Å². The zero-order valence-corrected chi connectivity index (χ0v) is 13.1. The smallest absolute Gasteiger partial charge is 0.0897 e. The molecular weight excluding hydrogens is 294 g/mol. The van der Waals surface area contributed by atoms with Crippen LogP contribution in [0, 0.1) is 0 Å². The number of nitrogens with one attached hydrogen (secondary N) is 1. The molecule has 0 saturated heterocycles. The lowest BCUT2D eigenvalue weighted by atomic mass is 10.2. The molecule has 2 N–H and O–H groups in total. The van der Waals surface area contributed by atoms with Crippen LogP contribution < -0.4 is 5.32 Å². The van der Waals surface area contributed by atoms with E-state index in [1.807, 2.05) is 24.3 Å². The number of hydrogen-bond donors (Lipinski definition) is 2. The molecule has 6 heteroatoms. The van der Waals surface area contributed by atoms with Gasteiger partial charge >= 0.3 is 0 Å². The highest BCUT2D eigenvalue weighted by Crippen LogP contribution is 2.15. The zero-order valence-electron chi connectivity index (χ0n) is 12.4. The van der Waals surface area contributed by atoms with Crippen LogP contribution in [0.1, 0.15) is 5.56 Å². The van der Waals surface area contributed by atoms with Crippen molar-refractivity contribution < 1.29 is 19.3 Å². The maximum Gasteiger partial charge on any atom is 0.0897 e. The van der Waals surface area contributed by atoms with E-state index in [4.69, 9.17) is 25.8 Å². The van der Waals surface area contributed by atoms with Gasteiger partial charge in [0.2, 0.25) is 0 Å². The van der Waals surface area contributed by atoms with Gasteiger partial charge in [0.25, 0.3) is 0 Å². The Morgan fingerprint density at radius 1 is 1.19 bits per heavy atom. The Labute approximate surface area is 131 Å². The third kappa shape index (κ3) is 9.03. The lowest BCUT2D eigenvalue weighted by Gasteiger charge is -2.13. The Morgan fingerprint density at radius 3 is 2.76 bits per heavy atom. The number of aliphatic hydroxyl groups excluding tert-OH is 1. The Balaban J connectivity index is 1.99. The quantitative estimate of drug-likeness (QED) is 0.572. The summed E-state index contributed by atoms with van der Waals surface area (Å²) in [6.07, 6.45) is -0.550. The van der Waals surface area contributed by atoms with Gasteiger partial charge in [-0.2, -0.15) is 0 Å². The minimum Gasteiger partial charge on any atom is -0.389 e. The molecule has 0 aliphatic heterocycles. The van der Waals surface area contributed by atoms with Gasteiger partial charge in [0.15, 0.2) is 0 Å². The van der Waals surface area contributed by atoms with Crippen LogP contribution >= 0.6 is 11.6 Å². The number of benzene rings is 1. The van der Waals surface area contributed by atoms with Crippen LogP contribution in [-0.4, -0.2) is 57.8 Å². The predicted molar refractivity (Wildman–Crippen MR) is 82.7 cm³/mol.